The van der Waals surface area contributed by atoms with Crippen molar-refractivity contribution in [2.24, 2.45) is 0 Å². The second-order valence-electron chi connectivity index (χ2n) is 4.55. The van der Waals surface area contributed by atoms with Gasteiger partial charge in [0.2, 0.25) is 0 Å². The average molecular weight is 223 g/mol. The molecule has 0 aromatic carbocycles. The Labute approximate surface area is 96.9 Å². The molecule has 1 nitrogen and oxygen atoms in total. The van der Waals surface area contributed by atoms with Crippen molar-refractivity contribution in [3.8, 4) is 0 Å². The fraction of sp³-hybridized carbons (Fsp3) is 0.692. The molecule has 0 amide bonds. The molecule has 0 spiro atoms. The summed E-state index contributed by atoms with van der Waals surface area (Å²) in [7, 11) is 0. The van der Waals surface area contributed by atoms with E-state index in [1.165, 1.54) is 38.5 Å². The predicted octanol–water partition coefficient (Wildman–Crippen LogP) is 3.91. The van der Waals surface area contributed by atoms with E-state index in [0.717, 1.165) is 6.54 Å². The van der Waals surface area contributed by atoms with Gasteiger partial charge in [-0.2, -0.15) is 0 Å². The lowest BCUT2D eigenvalue weighted by molar-refractivity contribution is 0.239. The zero-order chi connectivity index (χ0) is 10.6. The maximum atomic E-state index is 3.80. The van der Waals surface area contributed by atoms with Crippen LogP contribution in [0, 0.1) is 0 Å². The molecule has 0 saturated heterocycles. The molecule has 0 unspecified atom stereocenters. The first-order valence-electron chi connectivity index (χ1n) is 6.16. The second kappa shape index (κ2) is 5.13. The van der Waals surface area contributed by atoms with Crippen LogP contribution in [0.2, 0.25) is 0 Å². The highest BCUT2D eigenvalue weighted by molar-refractivity contribution is 7.10. The van der Waals surface area contributed by atoms with Crippen molar-refractivity contribution in [1.82, 2.24) is 5.32 Å². The highest BCUT2D eigenvalue weighted by Crippen LogP contribution is 2.39. The van der Waals surface area contributed by atoms with Crippen LogP contribution in [0.4, 0.5) is 0 Å². The first kappa shape index (κ1) is 11.2. The van der Waals surface area contributed by atoms with Crippen molar-refractivity contribution in [3.63, 3.8) is 0 Å². The fourth-order valence-corrected chi connectivity index (χ4v) is 3.54. The minimum absolute atomic E-state index is 0.322. The van der Waals surface area contributed by atoms with Gasteiger partial charge in [0.1, 0.15) is 0 Å². The number of hydrogen-bond donors (Lipinski definition) is 1. The lowest BCUT2D eigenvalue weighted by Crippen LogP contribution is -2.43. The van der Waals surface area contributed by atoms with Gasteiger partial charge in [0.25, 0.3) is 0 Å². The van der Waals surface area contributed by atoms with Gasteiger partial charge in [-0.05, 0) is 37.3 Å². The smallest absolute Gasteiger partial charge is 0.0528 e. The van der Waals surface area contributed by atoms with Crippen LogP contribution < -0.4 is 5.32 Å². The highest BCUT2D eigenvalue weighted by Gasteiger charge is 2.33. The highest BCUT2D eigenvalue weighted by atomic mass is 32.1. The second-order valence-corrected chi connectivity index (χ2v) is 5.49. The summed E-state index contributed by atoms with van der Waals surface area (Å²) >= 11 is 1.92. The van der Waals surface area contributed by atoms with Gasteiger partial charge < -0.3 is 5.32 Å². The van der Waals surface area contributed by atoms with Crippen molar-refractivity contribution < 1.29 is 0 Å². The molecule has 15 heavy (non-hydrogen) atoms. The molecule has 1 aromatic heterocycles. The molecule has 1 saturated carbocycles. The lowest BCUT2D eigenvalue weighted by atomic mass is 9.80. The van der Waals surface area contributed by atoms with Gasteiger partial charge in [-0.15, -0.1) is 11.3 Å². The number of nitrogens with one attached hydrogen (secondary N) is 1. The number of rotatable bonds is 4. The van der Waals surface area contributed by atoms with Crippen molar-refractivity contribution >= 4 is 11.3 Å². The Hall–Kier alpha value is -0.340. The summed E-state index contributed by atoms with van der Waals surface area (Å²) in [5.41, 5.74) is 0.322. The van der Waals surface area contributed by atoms with E-state index < -0.39 is 0 Å². The van der Waals surface area contributed by atoms with Gasteiger partial charge in [0.15, 0.2) is 0 Å². The predicted molar refractivity (Wildman–Crippen MR) is 67.4 cm³/mol. The van der Waals surface area contributed by atoms with Crippen LogP contribution in [0.1, 0.15) is 50.3 Å². The quantitative estimate of drug-likeness (QED) is 0.816. The number of thiophene rings is 1. The van der Waals surface area contributed by atoms with Gasteiger partial charge in [-0.3, -0.25) is 0 Å². The van der Waals surface area contributed by atoms with Crippen molar-refractivity contribution in [2.75, 3.05) is 6.54 Å². The largest absolute Gasteiger partial charge is 0.307 e. The van der Waals surface area contributed by atoms with E-state index in [0.29, 0.717) is 5.54 Å². The molecule has 1 heterocycles. The van der Waals surface area contributed by atoms with Gasteiger partial charge in [0.05, 0.1) is 5.54 Å². The van der Waals surface area contributed by atoms with E-state index >= 15 is 0 Å². The van der Waals surface area contributed by atoms with E-state index in [4.69, 9.17) is 0 Å². The Morgan fingerprint density at radius 2 is 2.13 bits per heavy atom. The Morgan fingerprint density at radius 3 is 2.73 bits per heavy atom. The topological polar surface area (TPSA) is 12.0 Å². The third-order valence-corrected chi connectivity index (χ3v) is 4.49. The Bertz CT molecular complexity index is 273. The first-order valence-corrected chi connectivity index (χ1v) is 7.04. The number of hydrogen-bond acceptors (Lipinski definition) is 2. The monoisotopic (exact) mass is 223 g/mol. The van der Waals surface area contributed by atoms with Crippen LogP contribution in [-0.4, -0.2) is 6.54 Å². The molecule has 0 aliphatic heterocycles. The van der Waals surface area contributed by atoms with E-state index in [9.17, 15) is 0 Å². The lowest BCUT2D eigenvalue weighted by Gasteiger charge is -2.37. The standard InChI is InChI=1S/C13H21NS/c1-2-10-14-13(8-4-3-5-9-13)12-7-6-11-15-12/h6-7,11,14H,2-5,8-10H2,1H3. The molecule has 1 aliphatic carbocycles. The van der Waals surface area contributed by atoms with Crippen molar-refractivity contribution in [2.45, 2.75) is 51.0 Å². The van der Waals surface area contributed by atoms with Gasteiger partial charge >= 0.3 is 0 Å². The van der Waals surface area contributed by atoms with Crippen LogP contribution in [0.3, 0.4) is 0 Å². The minimum atomic E-state index is 0.322. The van der Waals surface area contributed by atoms with E-state index in [1.807, 2.05) is 11.3 Å². The summed E-state index contributed by atoms with van der Waals surface area (Å²) in [6.07, 6.45) is 8.07. The molecule has 2 heteroatoms. The third kappa shape index (κ3) is 2.43. The van der Waals surface area contributed by atoms with E-state index in [2.05, 4.69) is 29.8 Å². The SMILES string of the molecule is CCCNC1(c2cccs2)CCCCC1. The molecule has 1 N–H and O–H groups in total. The van der Waals surface area contributed by atoms with E-state index in [-0.39, 0.29) is 0 Å². The van der Waals surface area contributed by atoms with Crippen LogP contribution >= 0.6 is 11.3 Å². The van der Waals surface area contributed by atoms with Crippen molar-refractivity contribution in [3.05, 3.63) is 22.4 Å². The van der Waals surface area contributed by atoms with Crippen molar-refractivity contribution in [1.29, 1.82) is 0 Å². The summed E-state index contributed by atoms with van der Waals surface area (Å²) in [5.74, 6) is 0. The van der Waals surface area contributed by atoms with Gasteiger partial charge in [-0.25, -0.2) is 0 Å². The van der Waals surface area contributed by atoms with Crippen LogP contribution in [-0.2, 0) is 5.54 Å². The normalized spacial score (nSPS) is 20.3. The van der Waals surface area contributed by atoms with Crippen LogP contribution in [0.5, 0.6) is 0 Å². The minimum Gasteiger partial charge on any atom is -0.307 e. The summed E-state index contributed by atoms with van der Waals surface area (Å²) in [4.78, 5) is 1.55. The Morgan fingerprint density at radius 1 is 1.33 bits per heavy atom. The summed E-state index contributed by atoms with van der Waals surface area (Å²) in [6.45, 7) is 3.40. The zero-order valence-electron chi connectivity index (χ0n) is 9.59. The molecule has 2 rings (SSSR count). The molecule has 0 radical (unpaired) electrons. The zero-order valence-corrected chi connectivity index (χ0v) is 10.4. The average Bonchev–Trinajstić information content (AvgIpc) is 2.82. The maximum Gasteiger partial charge on any atom is 0.0528 e. The van der Waals surface area contributed by atoms with Gasteiger partial charge in [0, 0.05) is 4.88 Å². The molecule has 0 bridgehead atoms. The fourth-order valence-electron chi connectivity index (χ4n) is 2.58. The molecule has 84 valence electrons. The third-order valence-electron chi connectivity index (χ3n) is 3.41. The molecular formula is C13H21NS. The van der Waals surface area contributed by atoms with E-state index in [1.54, 1.807) is 4.88 Å². The summed E-state index contributed by atoms with van der Waals surface area (Å²) in [5, 5.41) is 6.01. The Balaban J connectivity index is 2.14. The molecular weight excluding hydrogens is 202 g/mol. The molecule has 0 atom stereocenters. The molecule has 1 aromatic rings. The summed E-state index contributed by atoms with van der Waals surface area (Å²) < 4.78 is 0. The van der Waals surface area contributed by atoms with Crippen LogP contribution in [0.15, 0.2) is 17.5 Å². The summed E-state index contributed by atoms with van der Waals surface area (Å²) in [6, 6.07) is 4.49. The molecule has 1 fully saturated rings. The molecule has 1 aliphatic rings. The Kier molecular flexibility index (Phi) is 3.81. The maximum absolute atomic E-state index is 3.80. The first-order chi connectivity index (χ1) is 7.37. The van der Waals surface area contributed by atoms with Gasteiger partial charge in [-0.1, -0.05) is 32.3 Å². The van der Waals surface area contributed by atoms with Crippen LogP contribution in [0.25, 0.3) is 0 Å².